The summed E-state index contributed by atoms with van der Waals surface area (Å²) in [5.74, 6) is 0. The van der Waals surface area contributed by atoms with Gasteiger partial charge in [-0.3, -0.25) is 4.68 Å². The third-order valence-electron chi connectivity index (χ3n) is 4.62. The molecule has 1 fully saturated rings. The number of rotatable bonds is 2. The van der Waals surface area contributed by atoms with Gasteiger partial charge in [0.25, 0.3) is 0 Å². The molecular weight excluding hydrogens is 292 g/mol. The summed E-state index contributed by atoms with van der Waals surface area (Å²) in [5, 5.41) is 15.5. The van der Waals surface area contributed by atoms with Gasteiger partial charge in [-0.1, -0.05) is 26.7 Å². The number of nitrogens with zero attached hydrogens (tertiary/aromatic N) is 2. The van der Waals surface area contributed by atoms with E-state index in [0.717, 1.165) is 35.1 Å². The van der Waals surface area contributed by atoms with Gasteiger partial charge >= 0.3 is 0 Å². The first-order valence-electron chi connectivity index (χ1n) is 6.67. The SMILES string of the molecule is Cc1nn(C)c(CC2(O)CCCCC2(C)C)c1Br. The van der Waals surface area contributed by atoms with Gasteiger partial charge < -0.3 is 5.11 Å². The van der Waals surface area contributed by atoms with Gasteiger partial charge in [-0.25, -0.2) is 0 Å². The van der Waals surface area contributed by atoms with Crippen molar-refractivity contribution in [2.24, 2.45) is 12.5 Å². The summed E-state index contributed by atoms with van der Waals surface area (Å²) >= 11 is 3.60. The molecule has 1 atom stereocenters. The molecule has 0 amide bonds. The zero-order valence-electron chi connectivity index (χ0n) is 11.8. The number of hydrogen-bond donors (Lipinski definition) is 1. The van der Waals surface area contributed by atoms with Crippen LogP contribution in [0.25, 0.3) is 0 Å². The molecule has 0 radical (unpaired) electrons. The minimum Gasteiger partial charge on any atom is -0.389 e. The summed E-state index contributed by atoms with van der Waals surface area (Å²) in [7, 11) is 1.95. The molecule has 1 heterocycles. The molecule has 1 N–H and O–H groups in total. The molecule has 1 unspecified atom stereocenters. The molecule has 0 spiro atoms. The lowest BCUT2D eigenvalue weighted by atomic mass is 9.63. The molecule has 0 aromatic carbocycles. The van der Waals surface area contributed by atoms with Gasteiger partial charge in [0.15, 0.2) is 0 Å². The first-order chi connectivity index (χ1) is 8.27. The minimum absolute atomic E-state index is 0.0249. The lowest BCUT2D eigenvalue weighted by Crippen LogP contribution is -2.49. The van der Waals surface area contributed by atoms with Crippen molar-refractivity contribution in [3.63, 3.8) is 0 Å². The molecule has 18 heavy (non-hydrogen) atoms. The van der Waals surface area contributed by atoms with E-state index in [4.69, 9.17) is 0 Å². The summed E-state index contributed by atoms with van der Waals surface area (Å²) in [6.07, 6.45) is 5.00. The average molecular weight is 315 g/mol. The van der Waals surface area contributed by atoms with Crippen molar-refractivity contribution in [1.29, 1.82) is 0 Å². The summed E-state index contributed by atoms with van der Waals surface area (Å²) in [6.45, 7) is 6.36. The number of halogens is 1. The zero-order chi connectivity index (χ0) is 13.6. The Labute approximate surface area is 118 Å². The molecule has 0 saturated heterocycles. The summed E-state index contributed by atoms with van der Waals surface area (Å²) in [6, 6.07) is 0. The van der Waals surface area contributed by atoms with Gasteiger partial charge in [0.2, 0.25) is 0 Å². The normalized spacial score (nSPS) is 27.4. The summed E-state index contributed by atoms with van der Waals surface area (Å²) < 4.78 is 2.93. The second kappa shape index (κ2) is 4.64. The van der Waals surface area contributed by atoms with Crippen LogP contribution in [0.1, 0.15) is 50.9 Å². The second-order valence-electron chi connectivity index (χ2n) is 6.27. The third-order valence-corrected chi connectivity index (χ3v) is 5.65. The number of aryl methyl sites for hydroxylation is 2. The molecule has 1 aliphatic rings. The van der Waals surface area contributed by atoms with Crippen LogP contribution in [0, 0.1) is 12.3 Å². The predicted octanol–water partition coefficient (Wildman–Crippen LogP) is 3.36. The summed E-state index contributed by atoms with van der Waals surface area (Å²) in [4.78, 5) is 0. The molecular formula is C14H23BrN2O. The number of hydrogen-bond acceptors (Lipinski definition) is 2. The monoisotopic (exact) mass is 314 g/mol. The van der Waals surface area contributed by atoms with Crippen molar-refractivity contribution in [2.75, 3.05) is 0 Å². The maximum Gasteiger partial charge on any atom is 0.0753 e. The van der Waals surface area contributed by atoms with Gasteiger partial charge in [-0.05, 0) is 41.1 Å². The molecule has 1 saturated carbocycles. The van der Waals surface area contributed by atoms with E-state index < -0.39 is 5.60 Å². The number of aromatic nitrogens is 2. The highest BCUT2D eigenvalue weighted by atomic mass is 79.9. The lowest BCUT2D eigenvalue weighted by Gasteiger charge is -2.46. The van der Waals surface area contributed by atoms with E-state index in [1.54, 1.807) is 0 Å². The Hall–Kier alpha value is -0.350. The lowest BCUT2D eigenvalue weighted by molar-refractivity contribution is -0.0969. The molecule has 102 valence electrons. The molecule has 0 aliphatic heterocycles. The minimum atomic E-state index is -0.617. The topological polar surface area (TPSA) is 38.0 Å². The summed E-state index contributed by atoms with van der Waals surface area (Å²) in [5.41, 5.74) is 1.45. The largest absolute Gasteiger partial charge is 0.389 e. The van der Waals surface area contributed by atoms with Crippen molar-refractivity contribution in [3.8, 4) is 0 Å². The van der Waals surface area contributed by atoms with Crippen LogP contribution in [0.2, 0.25) is 0 Å². The maximum atomic E-state index is 11.0. The smallest absolute Gasteiger partial charge is 0.0753 e. The Balaban J connectivity index is 2.32. The third kappa shape index (κ3) is 2.25. The van der Waals surface area contributed by atoms with Crippen LogP contribution >= 0.6 is 15.9 Å². The highest BCUT2D eigenvalue weighted by molar-refractivity contribution is 9.10. The van der Waals surface area contributed by atoms with E-state index in [-0.39, 0.29) is 5.41 Å². The fourth-order valence-electron chi connectivity index (χ4n) is 3.03. The highest BCUT2D eigenvalue weighted by Gasteiger charge is 2.45. The Morgan fingerprint density at radius 2 is 1.94 bits per heavy atom. The van der Waals surface area contributed by atoms with Crippen LogP contribution in [0.5, 0.6) is 0 Å². The Kier molecular flexibility index (Phi) is 3.63. The Morgan fingerprint density at radius 1 is 1.33 bits per heavy atom. The van der Waals surface area contributed by atoms with Crippen molar-refractivity contribution in [1.82, 2.24) is 9.78 Å². The van der Waals surface area contributed by atoms with Crippen LogP contribution in [0.4, 0.5) is 0 Å². The van der Waals surface area contributed by atoms with Gasteiger partial charge in [0.1, 0.15) is 0 Å². The average Bonchev–Trinajstić information content (AvgIpc) is 2.50. The molecule has 1 aliphatic carbocycles. The van der Waals surface area contributed by atoms with Gasteiger partial charge in [-0.2, -0.15) is 5.10 Å². The van der Waals surface area contributed by atoms with Crippen LogP contribution in [0.3, 0.4) is 0 Å². The quantitative estimate of drug-likeness (QED) is 0.909. The van der Waals surface area contributed by atoms with Crippen LogP contribution in [-0.4, -0.2) is 20.5 Å². The predicted molar refractivity (Wildman–Crippen MR) is 76.5 cm³/mol. The second-order valence-corrected chi connectivity index (χ2v) is 7.06. The Bertz CT molecular complexity index is 453. The molecule has 1 aromatic heterocycles. The van der Waals surface area contributed by atoms with E-state index in [0.29, 0.717) is 6.42 Å². The maximum absolute atomic E-state index is 11.0. The zero-order valence-corrected chi connectivity index (χ0v) is 13.3. The first-order valence-corrected chi connectivity index (χ1v) is 7.46. The van der Waals surface area contributed by atoms with Crippen LogP contribution in [-0.2, 0) is 13.5 Å². The molecule has 4 heteroatoms. The van der Waals surface area contributed by atoms with E-state index in [2.05, 4.69) is 34.9 Å². The number of aliphatic hydroxyl groups is 1. The highest BCUT2D eigenvalue weighted by Crippen LogP contribution is 2.46. The molecule has 0 bridgehead atoms. The molecule has 1 aromatic rings. The van der Waals surface area contributed by atoms with E-state index >= 15 is 0 Å². The molecule has 2 rings (SSSR count). The fraction of sp³-hybridized carbons (Fsp3) is 0.786. The van der Waals surface area contributed by atoms with E-state index in [9.17, 15) is 5.11 Å². The van der Waals surface area contributed by atoms with Gasteiger partial charge in [-0.15, -0.1) is 0 Å². The fourth-order valence-corrected chi connectivity index (χ4v) is 3.51. The van der Waals surface area contributed by atoms with Crippen molar-refractivity contribution in [2.45, 2.75) is 58.5 Å². The van der Waals surface area contributed by atoms with Gasteiger partial charge in [0, 0.05) is 13.5 Å². The van der Waals surface area contributed by atoms with Crippen LogP contribution < -0.4 is 0 Å². The van der Waals surface area contributed by atoms with Crippen molar-refractivity contribution >= 4 is 15.9 Å². The van der Waals surface area contributed by atoms with E-state index in [1.165, 1.54) is 6.42 Å². The standard InChI is InChI=1S/C14H23BrN2O/c1-10-12(15)11(17(4)16-10)9-14(18)8-6-5-7-13(14,2)3/h18H,5-9H2,1-4H3. The Morgan fingerprint density at radius 3 is 2.44 bits per heavy atom. The van der Waals surface area contributed by atoms with Crippen LogP contribution in [0.15, 0.2) is 4.47 Å². The van der Waals surface area contributed by atoms with Crippen molar-refractivity contribution < 1.29 is 5.11 Å². The molecule has 3 nitrogen and oxygen atoms in total. The van der Waals surface area contributed by atoms with Crippen molar-refractivity contribution in [3.05, 3.63) is 15.9 Å². The van der Waals surface area contributed by atoms with Gasteiger partial charge in [0.05, 0.1) is 21.5 Å². The first kappa shape index (κ1) is 14.1. The van der Waals surface area contributed by atoms with E-state index in [1.807, 2.05) is 18.7 Å².